The summed E-state index contributed by atoms with van der Waals surface area (Å²) in [4.78, 5) is 12.3. The third-order valence-electron chi connectivity index (χ3n) is 9.62. The van der Waals surface area contributed by atoms with E-state index in [1.54, 1.807) is 0 Å². The van der Waals surface area contributed by atoms with Crippen molar-refractivity contribution in [3.63, 3.8) is 0 Å². The molecule has 1 amide bonds. The second kappa shape index (κ2) is 36.9. The van der Waals surface area contributed by atoms with Crippen LogP contribution in [0.15, 0.2) is 12.2 Å². The summed E-state index contributed by atoms with van der Waals surface area (Å²) in [6, 6.07) is -0.808. The summed E-state index contributed by atoms with van der Waals surface area (Å²) >= 11 is 0. The maximum Gasteiger partial charge on any atom is 0.220 e. The molecule has 5 heteroatoms. The molecule has 0 aromatic heterocycles. The van der Waals surface area contributed by atoms with Crippen LogP contribution in [0.3, 0.4) is 0 Å². The van der Waals surface area contributed by atoms with E-state index < -0.39 is 18.2 Å². The van der Waals surface area contributed by atoms with Crippen LogP contribution in [0.2, 0.25) is 0 Å². The molecule has 0 bridgehead atoms. The number of aliphatic hydroxyl groups excluding tert-OH is 3. The van der Waals surface area contributed by atoms with Crippen LogP contribution in [0.1, 0.15) is 219 Å². The van der Waals surface area contributed by atoms with Gasteiger partial charge in [0.15, 0.2) is 0 Å². The second-order valence-corrected chi connectivity index (χ2v) is 14.2. The summed E-state index contributed by atoms with van der Waals surface area (Å²) in [5.41, 5.74) is 0. The number of nitrogens with one attached hydrogen (secondary N) is 1. The Balaban J connectivity index is 3.59. The minimum absolute atomic E-state index is 0.154. The number of aliphatic hydroxyl groups is 3. The predicted octanol–water partition coefficient (Wildman–Crippen LogP) is 11.3. The molecule has 0 heterocycles. The van der Waals surface area contributed by atoms with Crippen molar-refractivity contribution < 1.29 is 20.1 Å². The minimum atomic E-state index is -1.13. The number of unbranched alkanes of at least 4 members (excludes halogenated alkanes) is 27. The van der Waals surface area contributed by atoms with Crippen molar-refractivity contribution in [1.82, 2.24) is 5.32 Å². The minimum Gasteiger partial charge on any atom is -0.394 e. The molecule has 0 aromatic rings. The van der Waals surface area contributed by atoms with Gasteiger partial charge in [-0.25, -0.2) is 0 Å². The Morgan fingerprint density at radius 3 is 1.33 bits per heavy atom. The summed E-state index contributed by atoms with van der Waals surface area (Å²) in [6.07, 6.45) is 41.7. The molecule has 0 aliphatic carbocycles. The zero-order valence-corrected chi connectivity index (χ0v) is 31.0. The van der Waals surface area contributed by atoms with Gasteiger partial charge in [0.05, 0.1) is 18.8 Å². The van der Waals surface area contributed by atoms with Crippen LogP contribution in [-0.4, -0.2) is 46.1 Å². The van der Waals surface area contributed by atoms with E-state index in [0.717, 1.165) is 44.9 Å². The van der Waals surface area contributed by atoms with Crippen LogP contribution >= 0.6 is 0 Å². The standard InChI is InChI=1S/C41H81NO4/c1-3-5-7-9-11-13-15-16-17-18-19-20-21-22-23-24-26-27-29-31-33-35-39(44)41(46)38(37-43)42-40(45)36-34-32-30-28-25-14-12-10-8-6-4-2/h10,12,38-39,41,43-44,46H,3-9,11,13-37H2,1-2H3,(H,42,45)/b12-10-. The smallest absolute Gasteiger partial charge is 0.220 e. The first-order valence-electron chi connectivity index (χ1n) is 20.5. The Morgan fingerprint density at radius 1 is 0.522 bits per heavy atom. The molecule has 0 rings (SSSR count). The average molecular weight is 652 g/mol. The van der Waals surface area contributed by atoms with Crippen LogP contribution in [0.4, 0.5) is 0 Å². The van der Waals surface area contributed by atoms with Gasteiger partial charge in [-0.3, -0.25) is 4.79 Å². The molecule has 3 unspecified atom stereocenters. The molecule has 0 fully saturated rings. The molecule has 3 atom stereocenters. The first kappa shape index (κ1) is 45.1. The van der Waals surface area contributed by atoms with E-state index >= 15 is 0 Å². The van der Waals surface area contributed by atoms with E-state index in [1.807, 2.05) is 0 Å². The van der Waals surface area contributed by atoms with Gasteiger partial charge < -0.3 is 20.6 Å². The lowest BCUT2D eigenvalue weighted by Gasteiger charge is -2.26. The van der Waals surface area contributed by atoms with Crippen molar-refractivity contribution in [3.05, 3.63) is 12.2 Å². The van der Waals surface area contributed by atoms with E-state index in [2.05, 4.69) is 31.3 Å². The van der Waals surface area contributed by atoms with Crippen LogP contribution in [0.25, 0.3) is 0 Å². The average Bonchev–Trinajstić information content (AvgIpc) is 3.06. The number of allylic oxidation sites excluding steroid dienone is 2. The summed E-state index contributed by atoms with van der Waals surface area (Å²) < 4.78 is 0. The van der Waals surface area contributed by atoms with E-state index in [-0.39, 0.29) is 12.5 Å². The van der Waals surface area contributed by atoms with Crippen LogP contribution < -0.4 is 5.32 Å². The fraction of sp³-hybridized carbons (Fsp3) is 0.927. The molecule has 0 aromatic carbocycles. The van der Waals surface area contributed by atoms with Crippen molar-refractivity contribution in [2.75, 3.05) is 6.61 Å². The van der Waals surface area contributed by atoms with Crippen LogP contribution in [0.5, 0.6) is 0 Å². The Hall–Kier alpha value is -0.910. The van der Waals surface area contributed by atoms with Crippen molar-refractivity contribution >= 4 is 5.91 Å². The third kappa shape index (κ3) is 31.7. The van der Waals surface area contributed by atoms with E-state index in [9.17, 15) is 20.1 Å². The first-order chi connectivity index (χ1) is 22.6. The van der Waals surface area contributed by atoms with Gasteiger partial charge in [0.1, 0.15) is 6.10 Å². The largest absolute Gasteiger partial charge is 0.394 e. The Morgan fingerprint density at radius 2 is 0.891 bits per heavy atom. The summed E-state index contributed by atoms with van der Waals surface area (Å²) in [7, 11) is 0. The monoisotopic (exact) mass is 652 g/mol. The molecule has 0 aliphatic rings. The highest BCUT2D eigenvalue weighted by Crippen LogP contribution is 2.16. The van der Waals surface area contributed by atoms with Crippen molar-refractivity contribution in [2.24, 2.45) is 0 Å². The molecule has 0 radical (unpaired) electrons. The molecule has 4 N–H and O–H groups in total. The number of rotatable bonds is 37. The molecule has 5 nitrogen and oxygen atoms in total. The molecule has 0 aliphatic heterocycles. The van der Waals surface area contributed by atoms with Crippen molar-refractivity contribution in [1.29, 1.82) is 0 Å². The SMILES string of the molecule is CCCC/C=C\CCCCCCCC(=O)NC(CO)C(O)C(O)CCCCCCCCCCCCCCCCCCCCCCC. The fourth-order valence-corrected chi connectivity index (χ4v) is 6.38. The Labute approximate surface area is 287 Å². The molecule has 46 heavy (non-hydrogen) atoms. The lowest BCUT2D eigenvalue weighted by molar-refractivity contribution is -0.124. The lowest BCUT2D eigenvalue weighted by Crippen LogP contribution is -2.50. The second-order valence-electron chi connectivity index (χ2n) is 14.2. The van der Waals surface area contributed by atoms with Gasteiger partial charge in [-0.15, -0.1) is 0 Å². The van der Waals surface area contributed by atoms with Crippen molar-refractivity contribution in [2.45, 2.75) is 238 Å². The Bertz CT molecular complexity index is 640. The highest BCUT2D eigenvalue weighted by Gasteiger charge is 2.26. The number of hydrogen-bond donors (Lipinski definition) is 4. The number of amides is 1. The topological polar surface area (TPSA) is 89.8 Å². The van der Waals surface area contributed by atoms with E-state index in [1.165, 1.54) is 148 Å². The van der Waals surface area contributed by atoms with E-state index in [0.29, 0.717) is 12.8 Å². The number of hydrogen-bond acceptors (Lipinski definition) is 4. The molecule has 0 saturated heterocycles. The highest BCUT2D eigenvalue weighted by molar-refractivity contribution is 5.76. The molecule has 0 spiro atoms. The van der Waals surface area contributed by atoms with Crippen LogP contribution in [-0.2, 0) is 4.79 Å². The molecular weight excluding hydrogens is 570 g/mol. The van der Waals surface area contributed by atoms with Gasteiger partial charge in [0, 0.05) is 6.42 Å². The third-order valence-corrected chi connectivity index (χ3v) is 9.62. The van der Waals surface area contributed by atoms with Crippen LogP contribution in [0, 0.1) is 0 Å². The van der Waals surface area contributed by atoms with Gasteiger partial charge in [0.25, 0.3) is 0 Å². The van der Waals surface area contributed by atoms with Crippen molar-refractivity contribution in [3.8, 4) is 0 Å². The zero-order valence-electron chi connectivity index (χ0n) is 31.0. The van der Waals surface area contributed by atoms with Gasteiger partial charge in [-0.1, -0.05) is 193 Å². The quantitative estimate of drug-likeness (QED) is 0.0397. The maximum absolute atomic E-state index is 12.3. The fourth-order valence-electron chi connectivity index (χ4n) is 6.38. The number of carbonyl (C=O) groups is 1. The Kier molecular flexibility index (Phi) is 36.2. The summed E-state index contributed by atoms with van der Waals surface area (Å²) in [6.45, 7) is 4.14. The summed E-state index contributed by atoms with van der Waals surface area (Å²) in [5, 5.41) is 33.4. The lowest BCUT2D eigenvalue weighted by atomic mass is 9.99. The normalized spacial score (nSPS) is 13.8. The molecule has 0 saturated carbocycles. The van der Waals surface area contributed by atoms with E-state index in [4.69, 9.17) is 0 Å². The maximum atomic E-state index is 12.3. The van der Waals surface area contributed by atoms with Gasteiger partial charge in [-0.05, 0) is 32.1 Å². The number of carbonyl (C=O) groups excluding carboxylic acids is 1. The summed E-state index contributed by atoms with van der Waals surface area (Å²) in [5.74, 6) is -0.154. The zero-order chi connectivity index (χ0) is 33.8. The first-order valence-corrected chi connectivity index (χ1v) is 20.5. The molecular formula is C41H81NO4. The van der Waals surface area contributed by atoms with Gasteiger partial charge in [-0.2, -0.15) is 0 Å². The van der Waals surface area contributed by atoms with Gasteiger partial charge in [0.2, 0.25) is 5.91 Å². The van der Waals surface area contributed by atoms with Gasteiger partial charge >= 0.3 is 0 Å². The molecule has 274 valence electrons. The highest BCUT2D eigenvalue weighted by atomic mass is 16.3. The predicted molar refractivity (Wildman–Crippen MR) is 199 cm³/mol.